The molecule has 0 atom stereocenters. The number of thiol groups is 1. The first-order valence-corrected chi connectivity index (χ1v) is 9.37. The van der Waals surface area contributed by atoms with Crippen LogP contribution < -0.4 is 4.72 Å². The van der Waals surface area contributed by atoms with Crippen LogP contribution in [0.1, 0.15) is 11.5 Å². The quantitative estimate of drug-likeness (QED) is 0.344. The molecule has 0 radical (unpaired) electrons. The van der Waals surface area contributed by atoms with Gasteiger partial charge in [0.05, 0.1) is 17.3 Å². The molecule has 138 valence electrons. The van der Waals surface area contributed by atoms with Crippen molar-refractivity contribution < 1.29 is 12.8 Å². The zero-order valence-electron chi connectivity index (χ0n) is 13.9. The molecule has 4 aromatic rings. The molecule has 0 saturated carbocycles. The number of nitrogens with one attached hydrogen (secondary N) is 2. The molecule has 11 heteroatoms. The second kappa shape index (κ2) is 7.06. The lowest BCUT2D eigenvalue weighted by atomic mass is 10.0. The van der Waals surface area contributed by atoms with Gasteiger partial charge in [0.15, 0.2) is 0 Å². The highest BCUT2D eigenvalue weighted by Crippen LogP contribution is 2.33. The van der Waals surface area contributed by atoms with Gasteiger partial charge in [-0.05, 0) is 23.8 Å². The molecule has 0 aliphatic rings. The van der Waals surface area contributed by atoms with Gasteiger partial charge in [-0.15, -0.1) is 10.2 Å². The minimum atomic E-state index is -2.73. The molecule has 3 heterocycles. The normalized spacial score (nSPS) is 11.5. The lowest BCUT2D eigenvalue weighted by Gasteiger charge is -2.08. The SMILES string of the molecule is Cc1nnc(-c2cc(-c3cnc(Cl)c(CN[SH](=O)=O)c3)cc3[nH]ncc23)o1. The van der Waals surface area contributed by atoms with E-state index in [4.69, 9.17) is 16.0 Å². The molecule has 0 amide bonds. The average molecular weight is 405 g/mol. The maximum Gasteiger partial charge on any atom is 0.248 e. The first-order valence-electron chi connectivity index (χ1n) is 7.81. The van der Waals surface area contributed by atoms with Crippen molar-refractivity contribution in [3.8, 4) is 22.6 Å². The summed E-state index contributed by atoms with van der Waals surface area (Å²) in [4.78, 5) is 4.16. The Morgan fingerprint density at radius 2 is 2.04 bits per heavy atom. The number of fused-ring (bicyclic) bond motifs is 1. The molecule has 0 unspecified atom stereocenters. The molecular formula is C16H13ClN6O3S. The Labute approximate surface area is 159 Å². The van der Waals surface area contributed by atoms with E-state index in [1.165, 1.54) is 0 Å². The van der Waals surface area contributed by atoms with Crippen molar-refractivity contribution in [2.24, 2.45) is 0 Å². The van der Waals surface area contributed by atoms with Crippen LogP contribution in [-0.4, -0.2) is 33.8 Å². The van der Waals surface area contributed by atoms with Gasteiger partial charge in [-0.2, -0.15) is 5.10 Å². The zero-order chi connectivity index (χ0) is 19.0. The second-order valence-electron chi connectivity index (χ2n) is 5.75. The maximum atomic E-state index is 10.8. The Hall–Kier alpha value is -2.82. The third-order valence-corrected chi connectivity index (χ3v) is 4.72. The third-order valence-electron chi connectivity index (χ3n) is 3.96. The molecule has 0 aliphatic carbocycles. The van der Waals surface area contributed by atoms with Gasteiger partial charge >= 0.3 is 0 Å². The summed E-state index contributed by atoms with van der Waals surface area (Å²) in [6.45, 7) is 1.77. The Morgan fingerprint density at radius 1 is 1.19 bits per heavy atom. The van der Waals surface area contributed by atoms with Crippen LogP contribution in [0, 0.1) is 6.92 Å². The predicted octanol–water partition coefficient (Wildman–Crippen LogP) is 2.25. The van der Waals surface area contributed by atoms with Gasteiger partial charge in [-0.25, -0.2) is 18.1 Å². The Morgan fingerprint density at radius 3 is 2.78 bits per heavy atom. The first kappa shape index (κ1) is 17.6. The highest BCUT2D eigenvalue weighted by atomic mass is 35.5. The van der Waals surface area contributed by atoms with Gasteiger partial charge in [-0.1, -0.05) is 11.6 Å². The fourth-order valence-corrected chi connectivity index (χ4v) is 3.20. The van der Waals surface area contributed by atoms with Gasteiger partial charge < -0.3 is 4.42 Å². The number of aryl methyl sites for hydroxylation is 1. The Bertz CT molecular complexity index is 1210. The zero-order valence-corrected chi connectivity index (χ0v) is 15.6. The molecule has 27 heavy (non-hydrogen) atoms. The number of halogens is 1. The highest BCUT2D eigenvalue weighted by Gasteiger charge is 2.15. The van der Waals surface area contributed by atoms with Crippen molar-refractivity contribution in [3.05, 3.63) is 47.2 Å². The van der Waals surface area contributed by atoms with Crippen molar-refractivity contribution in [2.75, 3.05) is 0 Å². The van der Waals surface area contributed by atoms with Crippen molar-refractivity contribution in [1.29, 1.82) is 0 Å². The molecule has 1 aromatic carbocycles. The number of aromatic amines is 1. The second-order valence-corrected chi connectivity index (χ2v) is 6.94. The van der Waals surface area contributed by atoms with Crippen LogP contribution in [0.5, 0.6) is 0 Å². The molecular weight excluding hydrogens is 392 g/mol. The van der Waals surface area contributed by atoms with Crippen LogP contribution in [0.25, 0.3) is 33.5 Å². The van der Waals surface area contributed by atoms with E-state index in [-0.39, 0.29) is 11.7 Å². The molecule has 0 bridgehead atoms. The minimum Gasteiger partial charge on any atom is -0.421 e. The summed E-state index contributed by atoms with van der Waals surface area (Å²) in [6, 6.07) is 5.58. The summed E-state index contributed by atoms with van der Waals surface area (Å²) in [6.07, 6.45) is 3.30. The van der Waals surface area contributed by atoms with Crippen molar-refractivity contribution in [2.45, 2.75) is 13.5 Å². The summed E-state index contributed by atoms with van der Waals surface area (Å²) in [7, 11) is -2.73. The molecule has 0 aliphatic heterocycles. The predicted molar refractivity (Wildman–Crippen MR) is 99.5 cm³/mol. The van der Waals surface area contributed by atoms with E-state index in [0.29, 0.717) is 17.3 Å². The van der Waals surface area contributed by atoms with Crippen molar-refractivity contribution in [3.63, 3.8) is 0 Å². The van der Waals surface area contributed by atoms with Gasteiger partial charge in [0, 0.05) is 36.2 Å². The fraction of sp³-hybridized carbons (Fsp3) is 0.125. The average Bonchev–Trinajstić information content (AvgIpc) is 3.28. The number of H-pyrrole nitrogens is 1. The van der Waals surface area contributed by atoms with E-state index in [1.807, 2.05) is 12.1 Å². The van der Waals surface area contributed by atoms with E-state index < -0.39 is 10.9 Å². The molecule has 2 N–H and O–H groups in total. The minimum absolute atomic E-state index is 0.0559. The van der Waals surface area contributed by atoms with Crippen LogP contribution in [0.15, 0.2) is 35.0 Å². The topological polar surface area (TPSA) is 127 Å². The number of pyridine rings is 1. The van der Waals surface area contributed by atoms with E-state index in [2.05, 4.69) is 30.1 Å². The molecule has 0 saturated heterocycles. The Balaban J connectivity index is 1.83. The first-order chi connectivity index (χ1) is 13.0. The smallest absolute Gasteiger partial charge is 0.248 e. The van der Waals surface area contributed by atoms with Crippen LogP contribution >= 0.6 is 11.6 Å². The van der Waals surface area contributed by atoms with Gasteiger partial charge in [0.25, 0.3) is 0 Å². The summed E-state index contributed by atoms with van der Waals surface area (Å²) >= 11 is 6.08. The third kappa shape index (κ3) is 3.54. The van der Waals surface area contributed by atoms with E-state index in [0.717, 1.165) is 27.6 Å². The standard InChI is InChI=1S/C16H13ClN6O3S/c1-8-21-23-16(26-8)12-3-9(4-14-13(12)7-19-22-14)10-2-11(6-20-27(24)25)15(17)18-5-10/h2-5,7,27H,6H2,1H3,(H,19,22)(H,20,24,25). The summed E-state index contributed by atoms with van der Waals surface area (Å²) < 4.78 is 29.5. The number of benzene rings is 1. The van der Waals surface area contributed by atoms with Crippen LogP contribution in [0.4, 0.5) is 0 Å². The van der Waals surface area contributed by atoms with Crippen LogP contribution in [0.3, 0.4) is 0 Å². The van der Waals surface area contributed by atoms with Gasteiger partial charge in [0.1, 0.15) is 5.15 Å². The largest absolute Gasteiger partial charge is 0.421 e. The fourth-order valence-electron chi connectivity index (χ4n) is 2.73. The van der Waals surface area contributed by atoms with Crippen molar-refractivity contribution in [1.82, 2.24) is 30.1 Å². The molecule has 4 rings (SSSR count). The Kier molecular flexibility index (Phi) is 4.60. The number of hydrogen-bond acceptors (Lipinski definition) is 7. The molecule has 0 fully saturated rings. The molecule has 0 spiro atoms. The summed E-state index contributed by atoms with van der Waals surface area (Å²) in [5.41, 5.74) is 3.65. The van der Waals surface area contributed by atoms with E-state index in [9.17, 15) is 8.42 Å². The molecule has 9 nitrogen and oxygen atoms in total. The monoisotopic (exact) mass is 404 g/mol. The van der Waals surface area contributed by atoms with E-state index >= 15 is 0 Å². The lowest BCUT2D eigenvalue weighted by Crippen LogP contribution is -2.11. The van der Waals surface area contributed by atoms with E-state index in [1.54, 1.807) is 25.4 Å². The summed E-state index contributed by atoms with van der Waals surface area (Å²) in [5.74, 6) is 0.841. The van der Waals surface area contributed by atoms with Crippen molar-refractivity contribution >= 4 is 33.4 Å². The highest BCUT2D eigenvalue weighted by molar-refractivity contribution is 7.70. The van der Waals surface area contributed by atoms with Gasteiger partial charge in [0.2, 0.25) is 22.7 Å². The molecule has 3 aromatic heterocycles. The maximum absolute atomic E-state index is 10.8. The summed E-state index contributed by atoms with van der Waals surface area (Å²) in [5, 5.41) is 16.1. The number of hydrogen-bond donors (Lipinski definition) is 3. The number of nitrogens with zero attached hydrogens (tertiary/aromatic N) is 4. The number of aromatic nitrogens is 5. The van der Waals surface area contributed by atoms with Crippen LogP contribution in [0.2, 0.25) is 5.15 Å². The van der Waals surface area contributed by atoms with Gasteiger partial charge in [-0.3, -0.25) is 5.10 Å². The lowest BCUT2D eigenvalue weighted by molar-refractivity contribution is 0.533. The van der Waals surface area contributed by atoms with Crippen LogP contribution in [-0.2, 0) is 17.4 Å². The number of rotatable bonds is 5.